The van der Waals surface area contributed by atoms with E-state index in [2.05, 4.69) is 49.0 Å². The highest BCUT2D eigenvalue weighted by Gasteiger charge is 2.13. The Hall–Kier alpha value is -1.33. The van der Waals surface area contributed by atoms with Crippen molar-refractivity contribution in [3.05, 3.63) is 22.8 Å². The number of hydrogen-bond acceptors (Lipinski definition) is 4. The van der Waals surface area contributed by atoms with Crippen molar-refractivity contribution in [3.8, 4) is 11.3 Å². The van der Waals surface area contributed by atoms with Gasteiger partial charge in [0.15, 0.2) is 5.13 Å². The van der Waals surface area contributed by atoms with Crippen molar-refractivity contribution in [1.82, 2.24) is 9.55 Å². The van der Waals surface area contributed by atoms with E-state index in [9.17, 15) is 0 Å². The number of nitrogens with one attached hydrogen (secondary N) is 1. The van der Waals surface area contributed by atoms with Crippen LogP contribution in [0.4, 0.5) is 5.13 Å². The van der Waals surface area contributed by atoms with Gasteiger partial charge in [0.25, 0.3) is 0 Å². The molecule has 2 rings (SSSR count). The molecule has 5 heteroatoms. The van der Waals surface area contributed by atoms with E-state index in [1.165, 1.54) is 17.0 Å². The first kappa shape index (κ1) is 16.0. The third-order valence-electron chi connectivity index (χ3n) is 3.53. The molecular weight excluding hydrogens is 282 g/mol. The van der Waals surface area contributed by atoms with Gasteiger partial charge in [-0.25, -0.2) is 4.98 Å². The highest BCUT2D eigenvalue weighted by molar-refractivity contribution is 7.14. The summed E-state index contributed by atoms with van der Waals surface area (Å²) in [6.45, 7) is 11.3. The van der Waals surface area contributed by atoms with Gasteiger partial charge in [-0.2, -0.15) is 0 Å². The fourth-order valence-corrected chi connectivity index (χ4v) is 3.08. The zero-order chi connectivity index (χ0) is 15.4. The number of anilines is 1. The van der Waals surface area contributed by atoms with Gasteiger partial charge in [-0.05, 0) is 25.8 Å². The molecule has 0 spiro atoms. The van der Waals surface area contributed by atoms with Crippen LogP contribution in [0.2, 0.25) is 0 Å². The second-order valence-corrected chi connectivity index (χ2v) is 6.60. The van der Waals surface area contributed by atoms with E-state index < -0.39 is 0 Å². The van der Waals surface area contributed by atoms with Crippen molar-refractivity contribution < 1.29 is 4.74 Å². The normalized spacial score (nSPS) is 11.3. The first-order chi connectivity index (χ1) is 10.0. The Morgan fingerprint density at radius 2 is 2.14 bits per heavy atom. The number of aromatic nitrogens is 2. The van der Waals surface area contributed by atoms with Gasteiger partial charge in [0.2, 0.25) is 0 Å². The Balaban J connectivity index is 2.18. The van der Waals surface area contributed by atoms with Crippen LogP contribution in [-0.2, 0) is 11.3 Å². The van der Waals surface area contributed by atoms with Crippen molar-refractivity contribution in [2.24, 2.45) is 5.92 Å². The average Bonchev–Trinajstić information content (AvgIpc) is 3.00. The molecule has 0 aromatic carbocycles. The van der Waals surface area contributed by atoms with Crippen molar-refractivity contribution >= 4 is 16.5 Å². The Labute approximate surface area is 131 Å². The summed E-state index contributed by atoms with van der Waals surface area (Å²) in [5, 5.41) is 6.52. The van der Waals surface area contributed by atoms with E-state index in [4.69, 9.17) is 9.72 Å². The lowest BCUT2D eigenvalue weighted by atomic mass is 10.2. The quantitative estimate of drug-likeness (QED) is 0.842. The van der Waals surface area contributed by atoms with E-state index in [0.717, 1.165) is 30.5 Å². The Morgan fingerprint density at radius 3 is 2.81 bits per heavy atom. The van der Waals surface area contributed by atoms with E-state index in [1.807, 2.05) is 0 Å². The van der Waals surface area contributed by atoms with Crippen LogP contribution in [0.3, 0.4) is 0 Å². The minimum Gasteiger partial charge on any atom is -0.383 e. The molecule has 2 aromatic heterocycles. The summed E-state index contributed by atoms with van der Waals surface area (Å²) >= 11 is 1.67. The number of nitrogens with zero attached hydrogens (tertiary/aromatic N) is 2. The van der Waals surface area contributed by atoms with Gasteiger partial charge in [-0.1, -0.05) is 13.8 Å². The monoisotopic (exact) mass is 307 g/mol. The van der Waals surface area contributed by atoms with Gasteiger partial charge in [0.05, 0.1) is 12.3 Å². The summed E-state index contributed by atoms with van der Waals surface area (Å²) < 4.78 is 7.48. The Morgan fingerprint density at radius 1 is 1.38 bits per heavy atom. The fraction of sp³-hybridized carbons (Fsp3) is 0.562. The predicted octanol–water partition coefficient (Wildman–Crippen LogP) is 3.94. The van der Waals surface area contributed by atoms with Gasteiger partial charge in [0, 0.05) is 42.5 Å². The third-order valence-corrected chi connectivity index (χ3v) is 4.33. The maximum Gasteiger partial charge on any atom is 0.183 e. The molecule has 21 heavy (non-hydrogen) atoms. The van der Waals surface area contributed by atoms with Gasteiger partial charge >= 0.3 is 0 Å². The van der Waals surface area contributed by atoms with Crippen molar-refractivity contribution in [1.29, 1.82) is 0 Å². The summed E-state index contributed by atoms with van der Waals surface area (Å²) in [5.41, 5.74) is 4.79. The average molecular weight is 307 g/mol. The van der Waals surface area contributed by atoms with Crippen LogP contribution in [0.25, 0.3) is 11.3 Å². The molecule has 1 N–H and O–H groups in total. The first-order valence-electron chi connectivity index (χ1n) is 7.38. The van der Waals surface area contributed by atoms with Gasteiger partial charge in [-0.3, -0.25) is 0 Å². The molecule has 0 aliphatic rings. The van der Waals surface area contributed by atoms with Crippen LogP contribution >= 0.6 is 11.3 Å². The molecule has 2 aromatic rings. The number of hydrogen-bond donors (Lipinski definition) is 1. The van der Waals surface area contributed by atoms with Gasteiger partial charge in [0.1, 0.15) is 0 Å². The zero-order valence-corrected chi connectivity index (χ0v) is 14.4. The van der Waals surface area contributed by atoms with Gasteiger partial charge in [-0.15, -0.1) is 11.3 Å². The zero-order valence-electron chi connectivity index (χ0n) is 13.6. The molecule has 2 heterocycles. The van der Waals surface area contributed by atoms with E-state index in [0.29, 0.717) is 5.92 Å². The van der Waals surface area contributed by atoms with Crippen LogP contribution in [0, 0.1) is 19.8 Å². The lowest BCUT2D eigenvalue weighted by molar-refractivity contribution is 0.186. The maximum absolute atomic E-state index is 5.18. The molecule has 0 atom stereocenters. The molecule has 116 valence electrons. The van der Waals surface area contributed by atoms with Crippen LogP contribution in [0.1, 0.15) is 25.2 Å². The van der Waals surface area contributed by atoms with Crippen molar-refractivity contribution in [3.63, 3.8) is 0 Å². The molecule has 0 unspecified atom stereocenters. The molecule has 0 fully saturated rings. The minimum atomic E-state index is 0.622. The summed E-state index contributed by atoms with van der Waals surface area (Å²) in [4.78, 5) is 4.71. The molecule has 0 bridgehead atoms. The van der Waals surface area contributed by atoms with Gasteiger partial charge < -0.3 is 14.6 Å². The van der Waals surface area contributed by atoms with E-state index in [-0.39, 0.29) is 0 Å². The summed E-state index contributed by atoms with van der Waals surface area (Å²) in [5.74, 6) is 0.622. The number of thiazole rings is 1. The number of methoxy groups -OCH3 is 1. The summed E-state index contributed by atoms with van der Waals surface area (Å²) in [6.07, 6.45) is 0. The number of aryl methyl sites for hydroxylation is 1. The Bertz CT molecular complexity index is 586. The Kier molecular flexibility index (Phi) is 5.42. The SMILES string of the molecule is COCCn1c(C)cc(-c2csc(NCC(C)C)n2)c1C. The lowest BCUT2D eigenvalue weighted by Crippen LogP contribution is -2.07. The maximum atomic E-state index is 5.18. The van der Waals surface area contributed by atoms with Crippen LogP contribution in [0.5, 0.6) is 0 Å². The fourth-order valence-electron chi connectivity index (χ4n) is 2.36. The standard InChI is InChI=1S/C16H25N3OS/c1-11(2)9-17-16-18-15(10-21-16)14-8-12(3)19(13(14)4)6-7-20-5/h8,10-11H,6-7,9H2,1-5H3,(H,17,18). The first-order valence-corrected chi connectivity index (χ1v) is 8.26. The molecule has 0 aliphatic heterocycles. The van der Waals surface area contributed by atoms with Crippen LogP contribution < -0.4 is 5.32 Å². The summed E-state index contributed by atoms with van der Waals surface area (Å²) in [7, 11) is 1.74. The van der Waals surface area contributed by atoms with Crippen LogP contribution in [0.15, 0.2) is 11.4 Å². The van der Waals surface area contributed by atoms with Crippen molar-refractivity contribution in [2.45, 2.75) is 34.2 Å². The van der Waals surface area contributed by atoms with E-state index >= 15 is 0 Å². The predicted molar refractivity (Wildman–Crippen MR) is 90.2 cm³/mol. The lowest BCUT2D eigenvalue weighted by Gasteiger charge is -2.08. The molecule has 4 nitrogen and oxygen atoms in total. The molecule has 0 amide bonds. The topological polar surface area (TPSA) is 39.1 Å². The molecule has 0 saturated heterocycles. The number of ether oxygens (including phenoxy) is 1. The highest BCUT2D eigenvalue weighted by atomic mass is 32.1. The molecule has 0 saturated carbocycles. The molecular formula is C16H25N3OS. The second-order valence-electron chi connectivity index (χ2n) is 5.74. The van der Waals surface area contributed by atoms with E-state index in [1.54, 1.807) is 18.4 Å². The number of rotatable bonds is 7. The highest BCUT2D eigenvalue weighted by Crippen LogP contribution is 2.29. The molecule has 0 aliphatic carbocycles. The summed E-state index contributed by atoms with van der Waals surface area (Å²) in [6, 6.07) is 2.21. The molecule has 0 radical (unpaired) electrons. The van der Waals surface area contributed by atoms with Crippen molar-refractivity contribution in [2.75, 3.05) is 25.6 Å². The minimum absolute atomic E-state index is 0.622. The third kappa shape index (κ3) is 3.86. The second kappa shape index (κ2) is 7.09. The smallest absolute Gasteiger partial charge is 0.183 e. The van der Waals surface area contributed by atoms with Crippen LogP contribution in [-0.4, -0.2) is 29.8 Å². The largest absolute Gasteiger partial charge is 0.383 e.